The van der Waals surface area contributed by atoms with Gasteiger partial charge in [-0.2, -0.15) is 0 Å². The molecule has 0 bridgehead atoms. The van der Waals surface area contributed by atoms with Crippen molar-refractivity contribution in [3.8, 4) is 5.75 Å². The molecular weight excluding hydrogens is 340 g/mol. The normalized spacial score (nSPS) is 10.6. The third kappa shape index (κ3) is 4.63. The molecule has 1 aromatic carbocycles. The Morgan fingerprint density at radius 3 is 2.40 bits per heavy atom. The number of hydrogen-bond donors (Lipinski definition) is 1. The van der Waals surface area contributed by atoms with E-state index in [4.69, 9.17) is 16.3 Å². The van der Waals surface area contributed by atoms with Crippen LogP contribution >= 0.6 is 11.6 Å². The van der Waals surface area contributed by atoms with Crippen molar-refractivity contribution < 1.29 is 14.3 Å². The molecule has 0 atom stereocenters. The Balaban J connectivity index is 1.89. The number of ether oxygens (including phenoxy) is 1. The molecule has 0 aliphatic rings. The molecule has 2 rings (SSSR count). The second kappa shape index (κ2) is 8.21. The quantitative estimate of drug-likeness (QED) is 0.597. The maximum atomic E-state index is 12.6. The van der Waals surface area contributed by atoms with Crippen LogP contribution in [0.4, 0.5) is 0 Å². The van der Waals surface area contributed by atoms with Gasteiger partial charge in [0.2, 0.25) is 0 Å². The number of hydrogen-bond acceptors (Lipinski definition) is 3. The molecule has 0 radical (unpaired) electrons. The van der Waals surface area contributed by atoms with E-state index in [0.29, 0.717) is 41.4 Å². The van der Waals surface area contributed by atoms with Crippen molar-refractivity contribution in [3.05, 3.63) is 51.8 Å². The van der Waals surface area contributed by atoms with E-state index in [2.05, 4.69) is 4.98 Å². The number of carbonyl (C=O) groups is 2. The SMILES string of the molecule is CC(=O)c1c(C)[nH]c(C(=O)N(C)CCCOc2ccc(Cl)cc2)c1C. The van der Waals surface area contributed by atoms with Gasteiger partial charge in [-0.05, 0) is 57.0 Å². The lowest BCUT2D eigenvalue weighted by atomic mass is 10.1. The fourth-order valence-electron chi connectivity index (χ4n) is 2.81. The predicted octanol–water partition coefficient (Wildman–Crippen LogP) is 4.03. The monoisotopic (exact) mass is 362 g/mol. The number of ketones is 1. The van der Waals surface area contributed by atoms with Gasteiger partial charge in [-0.15, -0.1) is 0 Å². The zero-order valence-electron chi connectivity index (χ0n) is 15.0. The Kier molecular flexibility index (Phi) is 6.26. The van der Waals surface area contributed by atoms with Crippen LogP contribution in [-0.4, -0.2) is 41.8 Å². The van der Waals surface area contributed by atoms with E-state index >= 15 is 0 Å². The molecule has 0 fully saturated rings. The number of carbonyl (C=O) groups excluding carboxylic acids is 2. The topological polar surface area (TPSA) is 62.4 Å². The number of Topliss-reactive ketones (excluding diaryl/α,β-unsaturated/α-hetero) is 1. The van der Waals surface area contributed by atoms with Crippen molar-refractivity contribution in [1.82, 2.24) is 9.88 Å². The summed E-state index contributed by atoms with van der Waals surface area (Å²) in [6.07, 6.45) is 0.698. The molecule has 1 aromatic heterocycles. The van der Waals surface area contributed by atoms with Gasteiger partial charge in [0, 0.05) is 29.9 Å². The minimum Gasteiger partial charge on any atom is -0.494 e. The number of benzene rings is 1. The van der Waals surface area contributed by atoms with Crippen LogP contribution in [0.3, 0.4) is 0 Å². The van der Waals surface area contributed by atoms with Crippen LogP contribution in [0.25, 0.3) is 0 Å². The maximum Gasteiger partial charge on any atom is 0.270 e. The predicted molar refractivity (Wildman–Crippen MR) is 98.8 cm³/mol. The Morgan fingerprint density at radius 2 is 1.84 bits per heavy atom. The van der Waals surface area contributed by atoms with Crippen LogP contribution in [0.5, 0.6) is 5.75 Å². The molecule has 0 saturated carbocycles. The summed E-state index contributed by atoms with van der Waals surface area (Å²) in [7, 11) is 1.74. The van der Waals surface area contributed by atoms with Gasteiger partial charge in [0.15, 0.2) is 5.78 Å². The minimum absolute atomic E-state index is 0.0377. The van der Waals surface area contributed by atoms with Crippen LogP contribution in [0.15, 0.2) is 24.3 Å². The van der Waals surface area contributed by atoms with Crippen molar-refractivity contribution in [2.75, 3.05) is 20.2 Å². The minimum atomic E-state index is -0.125. The van der Waals surface area contributed by atoms with Gasteiger partial charge in [-0.25, -0.2) is 0 Å². The van der Waals surface area contributed by atoms with E-state index in [1.807, 2.05) is 12.1 Å². The highest BCUT2D eigenvalue weighted by atomic mass is 35.5. The smallest absolute Gasteiger partial charge is 0.270 e. The highest BCUT2D eigenvalue weighted by Gasteiger charge is 2.21. The standard InChI is InChI=1S/C19H23ClN2O3/c1-12-17(14(3)23)13(2)21-18(12)19(24)22(4)10-5-11-25-16-8-6-15(20)7-9-16/h6-9,21H,5,10-11H2,1-4H3. The average molecular weight is 363 g/mol. The molecule has 1 heterocycles. The number of rotatable bonds is 7. The molecule has 6 heteroatoms. The summed E-state index contributed by atoms with van der Waals surface area (Å²) in [5.74, 6) is 0.587. The Labute approximate surface area is 152 Å². The maximum absolute atomic E-state index is 12.6. The summed E-state index contributed by atoms with van der Waals surface area (Å²) >= 11 is 5.83. The first-order valence-electron chi connectivity index (χ1n) is 8.15. The number of nitrogens with one attached hydrogen (secondary N) is 1. The van der Waals surface area contributed by atoms with Gasteiger partial charge in [0.25, 0.3) is 5.91 Å². The van der Waals surface area contributed by atoms with E-state index < -0.39 is 0 Å². The van der Waals surface area contributed by atoms with Crippen molar-refractivity contribution in [2.24, 2.45) is 0 Å². The number of H-pyrrole nitrogens is 1. The molecule has 0 spiro atoms. The molecule has 1 amide bonds. The summed E-state index contributed by atoms with van der Waals surface area (Å²) in [4.78, 5) is 28.9. The zero-order chi connectivity index (χ0) is 18.6. The Morgan fingerprint density at radius 1 is 1.20 bits per heavy atom. The van der Waals surface area contributed by atoms with Gasteiger partial charge in [-0.1, -0.05) is 11.6 Å². The third-order valence-electron chi connectivity index (χ3n) is 4.07. The molecule has 0 aliphatic heterocycles. The molecule has 1 N–H and O–H groups in total. The number of nitrogens with zero attached hydrogens (tertiary/aromatic N) is 1. The summed E-state index contributed by atoms with van der Waals surface area (Å²) in [6, 6.07) is 7.17. The van der Waals surface area contributed by atoms with Crippen LogP contribution < -0.4 is 4.74 Å². The fourth-order valence-corrected chi connectivity index (χ4v) is 2.93. The van der Waals surface area contributed by atoms with E-state index in [0.717, 1.165) is 11.4 Å². The summed E-state index contributed by atoms with van der Waals surface area (Å²) in [6.45, 7) is 6.17. The molecule has 0 saturated heterocycles. The molecule has 25 heavy (non-hydrogen) atoms. The van der Waals surface area contributed by atoms with Crippen LogP contribution in [-0.2, 0) is 0 Å². The van der Waals surface area contributed by atoms with E-state index in [1.165, 1.54) is 6.92 Å². The highest BCUT2D eigenvalue weighted by molar-refractivity contribution is 6.30. The van der Waals surface area contributed by atoms with Gasteiger partial charge in [0.05, 0.1) is 6.61 Å². The Hall–Kier alpha value is -2.27. The second-order valence-electron chi connectivity index (χ2n) is 6.06. The first kappa shape index (κ1) is 19.1. The number of aromatic nitrogens is 1. The first-order valence-corrected chi connectivity index (χ1v) is 8.53. The highest BCUT2D eigenvalue weighted by Crippen LogP contribution is 2.20. The van der Waals surface area contributed by atoms with Crippen molar-refractivity contribution in [2.45, 2.75) is 27.2 Å². The van der Waals surface area contributed by atoms with Crippen molar-refractivity contribution in [1.29, 1.82) is 0 Å². The molecular formula is C19H23ClN2O3. The lowest BCUT2D eigenvalue weighted by molar-refractivity contribution is 0.0782. The van der Waals surface area contributed by atoms with Crippen molar-refractivity contribution in [3.63, 3.8) is 0 Å². The average Bonchev–Trinajstić information content (AvgIpc) is 2.86. The number of aromatic amines is 1. The van der Waals surface area contributed by atoms with Gasteiger partial charge >= 0.3 is 0 Å². The Bertz CT molecular complexity index is 766. The van der Waals surface area contributed by atoms with Gasteiger partial charge < -0.3 is 14.6 Å². The summed E-state index contributed by atoms with van der Waals surface area (Å²) in [5, 5.41) is 0.666. The van der Waals surface area contributed by atoms with E-state index in [1.54, 1.807) is 37.9 Å². The first-order chi connectivity index (χ1) is 11.8. The van der Waals surface area contributed by atoms with Gasteiger partial charge in [0.1, 0.15) is 11.4 Å². The van der Waals surface area contributed by atoms with Crippen LogP contribution in [0.1, 0.15) is 45.4 Å². The molecule has 5 nitrogen and oxygen atoms in total. The molecule has 0 aliphatic carbocycles. The van der Waals surface area contributed by atoms with Crippen LogP contribution in [0.2, 0.25) is 5.02 Å². The van der Waals surface area contributed by atoms with Crippen molar-refractivity contribution >= 4 is 23.3 Å². The summed E-state index contributed by atoms with van der Waals surface area (Å²) in [5.41, 5.74) is 2.51. The zero-order valence-corrected chi connectivity index (χ0v) is 15.7. The molecule has 2 aromatic rings. The lowest BCUT2D eigenvalue weighted by Gasteiger charge is -2.17. The fraction of sp³-hybridized carbons (Fsp3) is 0.368. The molecule has 134 valence electrons. The largest absolute Gasteiger partial charge is 0.494 e. The number of halogens is 1. The second-order valence-corrected chi connectivity index (χ2v) is 6.50. The van der Waals surface area contributed by atoms with Crippen LogP contribution in [0, 0.1) is 13.8 Å². The summed E-state index contributed by atoms with van der Waals surface area (Å²) < 4.78 is 5.63. The van der Waals surface area contributed by atoms with Gasteiger partial charge in [-0.3, -0.25) is 9.59 Å². The number of amides is 1. The lowest BCUT2D eigenvalue weighted by Crippen LogP contribution is -2.29. The molecule has 0 unspecified atom stereocenters. The third-order valence-corrected chi connectivity index (χ3v) is 4.32. The van der Waals surface area contributed by atoms with E-state index in [-0.39, 0.29) is 11.7 Å². The van der Waals surface area contributed by atoms with E-state index in [9.17, 15) is 9.59 Å². The number of aryl methyl sites for hydroxylation is 1.